The zero-order valence-electron chi connectivity index (χ0n) is 9.72. The number of fused-ring (bicyclic) bond motifs is 1. The van der Waals surface area contributed by atoms with Crippen molar-refractivity contribution in [2.24, 2.45) is 17.8 Å². The Morgan fingerprint density at radius 2 is 2.00 bits per heavy atom. The Bertz CT molecular complexity index is 231. The second-order valence-electron chi connectivity index (χ2n) is 5.28. The highest BCUT2D eigenvalue weighted by atomic mass is 15.0. The van der Waals surface area contributed by atoms with E-state index < -0.39 is 0 Å². The Morgan fingerprint density at radius 3 is 2.71 bits per heavy atom. The monoisotopic (exact) mass is 193 g/mol. The Kier molecular flexibility index (Phi) is 2.85. The first-order valence-electron chi connectivity index (χ1n) is 6.18. The first-order chi connectivity index (χ1) is 6.70. The summed E-state index contributed by atoms with van der Waals surface area (Å²) in [5.41, 5.74) is 1.52. The molecule has 0 spiro atoms. The number of hydrogen-bond acceptors (Lipinski definition) is 1. The van der Waals surface area contributed by atoms with E-state index in [-0.39, 0.29) is 0 Å². The SMILES string of the molecule is CCCC1=CC2CC(C)C(C)CC2N1. The van der Waals surface area contributed by atoms with Gasteiger partial charge in [0, 0.05) is 11.7 Å². The van der Waals surface area contributed by atoms with Crippen LogP contribution in [0.2, 0.25) is 0 Å². The van der Waals surface area contributed by atoms with Gasteiger partial charge in [0.1, 0.15) is 0 Å². The van der Waals surface area contributed by atoms with E-state index in [0.717, 1.165) is 23.8 Å². The van der Waals surface area contributed by atoms with Gasteiger partial charge in [0.2, 0.25) is 0 Å². The van der Waals surface area contributed by atoms with Crippen molar-refractivity contribution in [3.05, 3.63) is 11.8 Å². The molecule has 0 aromatic rings. The van der Waals surface area contributed by atoms with Crippen LogP contribution in [0, 0.1) is 17.8 Å². The fourth-order valence-electron chi connectivity index (χ4n) is 2.95. The number of rotatable bonds is 2. The average Bonchev–Trinajstić information content (AvgIpc) is 2.48. The van der Waals surface area contributed by atoms with Crippen LogP contribution in [0.15, 0.2) is 11.8 Å². The summed E-state index contributed by atoms with van der Waals surface area (Å²) >= 11 is 0. The van der Waals surface area contributed by atoms with E-state index in [4.69, 9.17) is 0 Å². The minimum absolute atomic E-state index is 0.766. The van der Waals surface area contributed by atoms with Crippen molar-refractivity contribution < 1.29 is 0 Å². The van der Waals surface area contributed by atoms with Crippen molar-refractivity contribution in [3.63, 3.8) is 0 Å². The lowest BCUT2D eigenvalue weighted by molar-refractivity contribution is 0.203. The van der Waals surface area contributed by atoms with Gasteiger partial charge in [-0.25, -0.2) is 0 Å². The van der Waals surface area contributed by atoms with E-state index in [2.05, 4.69) is 32.2 Å². The molecule has 1 aliphatic heterocycles. The molecule has 80 valence electrons. The average molecular weight is 193 g/mol. The van der Waals surface area contributed by atoms with Crippen LogP contribution >= 0.6 is 0 Å². The summed E-state index contributed by atoms with van der Waals surface area (Å²) in [5, 5.41) is 3.71. The van der Waals surface area contributed by atoms with E-state index in [1.807, 2.05) is 0 Å². The van der Waals surface area contributed by atoms with Crippen LogP contribution < -0.4 is 5.32 Å². The van der Waals surface area contributed by atoms with Crippen LogP contribution in [-0.2, 0) is 0 Å². The van der Waals surface area contributed by atoms with Gasteiger partial charge in [0.15, 0.2) is 0 Å². The van der Waals surface area contributed by atoms with Crippen molar-refractivity contribution in [1.82, 2.24) is 5.32 Å². The van der Waals surface area contributed by atoms with Gasteiger partial charge in [-0.1, -0.05) is 33.3 Å². The zero-order chi connectivity index (χ0) is 10.1. The van der Waals surface area contributed by atoms with Crippen LogP contribution in [-0.4, -0.2) is 6.04 Å². The maximum absolute atomic E-state index is 3.71. The fraction of sp³-hybridized carbons (Fsp3) is 0.846. The molecule has 14 heavy (non-hydrogen) atoms. The highest BCUT2D eigenvalue weighted by molar-refractivity contribution is 5.15. The first kappa shape index (κ1) is 10.1. The maximum Gasteiger partial charge on any atom is 0.0324 e. The second kappa shape index (κ2) is 3.96. The van der Waals surface area contributed by atoms with E-state index in [0.29, 0.717) is 0 Å². The molecule has 1 nitrogen and oxygen atoms in total. The Labute approximate surface area is 88.0 Å². The molecule has 2 rings (SSSR count). The molecule has 1 heteroatoms. The minimum atomic E-state index is 0.766. The van der Waals surface area contributed by atoms with Gasteiger partial charge in [-0.05, 0) is 37.0 Å². The molecular formula is C13H23N. The summed E-state index contributed by atoms with van der Waals surface area (Å²) in [5.74, 6) is 2.65. The molecule has 0 aromatic carbocycles. The largest absolute Gasteiger partial charge is 0.385 e. The standard InChI is InChI=1S/C13H23N/c1-4-5-12-8-11-6-9(2)10(3)7-13(11)14-12/h8-11,13-14H,4-7H2,1-3H3. The molecule has 1 fully saturated rings. The van der Waals surface area contributed by atoms with Crippen LogP contribution in [0.1, 0.15) is 46.5 Å². The maximum atomic E-state index is 3.71. The van der Waals surface area contributed by atoms with Gasteiger partial charge in [-0.2, -0.15) is 0 Å². The molecule has 0 radical (unpaired) electrons. The molecule has 4 atom stereocenters. The van der Waals surface area contributed by atoms with Gasteiger partial charge in [0.05, 0.1) is 0 Å². The van der Waals surface area contributed by atoms with Crippen molar-refractivity contribution in [2.75, 3.05) is 0 Å². The lowest BCUT2D eigenvalue weighted by atomic mass is 9.74. The molecule has 1 saturated carbocycles. The molecule has 1 aliphatic carbocycles. The van der Waals surface area contributed by atoms with Gasteiger partial charge >= 0.3 is 0 Å². The molecule has 1 heterocycles. The van der Waals surface area contributed by atoms with E-state index in [1.54, 1.807) is 0 Å². The number of allylic oxidation sites excluding steroid dienone is 1. The highest BCUT2D eigenvalue weighted by Gasteiger charge is 2.35. The van der Waals surface area contributed by atoms with Crippen LogP contribution in [0.25, 0.3) is 0 Å². The predicted octanol–water partition coefficient (Wildman–Crippen LogP) is 3.32. The predicted molar refractivity (Wildman–Crippen MR) is 61.0 cm³/mol. The highest BCUT2D eigenvalue weighted by Crippen LogP contribution is 2.38. The Hall–Kier alpha value is -0.460. The van der Waals surface area contributed by atoms with Gasteiger partial charge in [-0.15, -0.1) is 0 Å². The summed E-state index contributed by atoms with van der Waals surface area (Å²) in [4.78, 5) is 0. The molecule has 2 aliphatic rings. The third-order valence-electron chi connectivity index (χ3n) is 4.06. The van der Waals surface area contributed by atoms with E-state index >= 15 is 0 Å². The quantitative estimate of drug-likeness (QED) is 0.709. The molecule has 0 bridgehead atoms. The normalized spacial score (nSPS) is 41.5. The summed E-state index contributed by atoms with van der Waals surface area (Å²) in [6, 6.07) is 0.766. The lowest BCUT2D eigenvalue weighted by Gasteiger charge is -2.34. The molecule has 0 saturated heterocycles. The fourth-order valence-corrected chi connectivity index (χ4v) is 2.95. The first-order valence-corrected chi connectivity index (χ1v) is 6.18. The summed E-state index contributed by atoms with van der Waals surface area (Å²) < 4.78 is 0. The van der Waals surface area contributed by atoms with E-state index in [9.17, 15) is 0 Å². The Morgan fingerprint density at radius 1 is 1.29 bits per heavy atom. The second-order valence-corrected chi connectivity index (χ2v) is 5.28. The number of hydrogen-bond donors (Lipinski definition) is 1. The Balaban J connectivity index is 1.98. The van der Waals surface area contributed by atoms with Crippen molar-refractivity contribution in [1.29, 1.82) is 0 Å². The topological polar surface area (TPSA) is 12.0 Å². The lowest BCUT2D eigenvalue weighted by Crippen LogP contribution is -2.37. The molecule has 0 aromatic heterocycles. The third kappa shape index (κ3) is 1.82. The summed E-state index contributed by atoms with van der Waals surface area (Å²) in [6.07, 6.45) is 7.79. The van der Waals surface area contributed by atoms with Crippen LogP contribution in [0.3, 0.4) is 0 Å². The molecule has 1 N–H and O–H groups in total. The van der Waals surface area contributed by atoms with Crippen molar-refractivity contribution >= 4 is 0 Å². The summed E-state index contributed by atoms with van der Waals surface area (Å²) in [7, 11) is 0. The summed E-state index contributed by atoms with van der Waals surface area (Å²) in [6.45, 7) is 7.07. The van der Waals surface area contributed by atoms with Gasteiger partial charge < -0.3 is 5.32 Å². The van der Waals surface area contributed by atoms with Crippen molar-refractivity contribution in [2.45, 2.75) is 52.5 Å². The van der Waals surface area contributed by atoms with E-state index in [1.165, 1.54) is 31.4 Å². The minimum Gasteiger partial charge on any atom is -0.385 e. The van der Waals surface area contributed by atoms with Crippen LogP contribution in [0.5, 0.6) is 0 Å². The molecule has 0 amide bonds. The molecular weight excluding hydrogens is 170 g/mol. The number of nitrogens with one attached hydrogen (secondary N) is 1. The van der Waals surface area contributed by atoms with Gasteiger partial charge in [0.25, 0.3) is 0 Å². The zero-order valence-corrected chi connectivity index (χ0v) is 9.72. The van der Waals surface area contributed by atoms with Gasteiger partial charge in [-0.3, -0.25) is 0 Å². The third-order valence-corrected chi connectivity index (χ3v) is 4.06. The van der Waals surface area contributed by atoms with Crippen LogP contribution in [0.4, 0.5) is 0 Å². The van der Waals surface area contributed by atoms with Crippen molar-refractivity contribution in [3.8, 4) is 0 Å². The smallest absolute Gasteiger partial charge is 0.0324 e. The molecule has 4 unspecified atom stereocenters.